The quantitative estimate of drug-likeness (QED) is 0.199. The van der Waals surface area contributed by atoms with Crippen LogP contribution in [0.1, 0.15) is 53.7 Å². The minimum atomic E-state index is -1.55. The van der Waals surface area contributed by atoms with Crippen LogP contribution >= 0.6 is 11.6 Å². The summed E-state index contributed by atoms with van der Waals surface area (Å²) >= 11 is 6.30. The highest BCUT2D eigenvalue weighted by Gasteiger charge is 2.71. The van der Waals surface area contributed by atoms with Gasteiger partial charge in [-0.2, -0.15) is 0 Å². The van der Waals surface area contributed by atoms with Crippen LogP contribution in [0.3, 0.4) is 0 Å². The molecule has 4 aromatic rings. The number of fused-ring (bicyclic) bond motifs is 5. The lowest BCUT2D eigenvalue weighted by atomic mass is 9.64. The van der Waals surface area contributed by atoms with Crippen LogP contribution in [0.15, 0.2) is 97.1 Å². The smallest absolute Gasteiger partial charge is 0.186 e. The third-order valence-electron chi connectivity index (χ3n) is 8.81. The molecule has 202 valence electrons. The monoisotopic (exact) mass is 559 g/mol. The minimum Gasteiger partial charge on any atom is -0.497 e. The van der Waals surface area contributed by atoms with Gasteiger partial charge in [-0.3, -0.25) is 14.4 Å². The highest BCUT2D eigenvalue weighted by Crippen LogP contribution is 2.61. The number of nitrogens with zero attached hydrogens (tertiary/aromatic N) is 1. The second-order valence-electron chi connectivity index (χ2n) is 10.9. The van der Waals surface area contributed by atoms with Crippen molar-refractivity contribution in [3.63, 3.8) is 0 Å². The summed E-state index contributed by atoms with van der Waals surface area (Å²) in [7, 11) is 1.56. The van der Waals surface area contributed by atoms with Crippen molar-refractivity contribution in [1.29, 1.82) is 0 Å². The van der Waals surface area contributed by atoms with Gasteiger partial charge >= 0.3 is 0 Å². The number of carbonyl (C=O) groups excluding carboxylic acids is 3. The van der Waals surface area contributed by atoms with Gasteiger partial charge in [-0.1, -0.05) is 83.9 Å². The number of ether oxygens (including phenoxy) is 1. The number of Topliss-reactive ketones (excluding diaryl/α,β-unsaturated/α-hetero) is 3. The van der Waals surface area contributed by atoms with E-state index in [1.807, 2.05) is 48.2 Å². The molecule has 1 spiro atoms. The first-order valence-electron chi connectivity index (χ1n) is 13.6. The standard InChI is InChI=1S/C35H26ClNO4/c1-20-10-16-28-22(18-20)13-17-29-35(33(39)26-8-3-4-9-27(26)34(35)40)30(21-11-14-24(36)15-12-21)31(37(28)29)32(38)23-6-5-7-25(19-23)41-2/h3-19,29-31H,1-2H3/t29-,30+,31+/m1/s1. The van der Waals surface area contributed by atoms with Gasteiger partial charge < -0.3 is 9.64 Å². The Labute approximate surface area is 243 Å². The topological polar surface area (TPSA) is 63.7 Å². The van der Waals surface area contributed by atoms with E-state index in [1.54, 1.807) is 67.8 Å². The number of aryl methyl sites for hydroxylation is 1. The molecule has 0 radical (unpaired) electrons. The first kappa shape index (κ1) is 25.5. The van der Waals surface area contributed by atoms with E-state index in [0.29, 0.717) is 33.0 Å². The lowest BCUT2D eigenvalue weighted by molar-refractivity contribution is 0.0666. The fourth-order valence-corrected chi connectivity index (χ4v) is 7.21. The van der Waals surface area contributed by atoms with Crippen molar-refractivity contribution in [2.45, 2.75) is 24.9 Å². The van der Waals surface area contributed by atoms with Crippen LogP contribution in [-0.2, 0) is 0 Å². The van der Waals surface area contributed by atoms with Crippen molar-refractivity contribution in [2.24, 2.45) is 5.41 Å². The predicted molar refractivity (Wildman–Crippen MR) is 159 cm³/mol. The van der Waals surface area contributed by atoms with Crippen molar-refractivity contribution in [3.8, 4) is 5.75 Å². The van der Waals surface area contributed by atoms with E-state index >= 15 is 0 Å². The number of halogens is 1. The fraction of sp³-hybridized carbons (Fsp3) is 0.171. The second-order valence-corrected chi connectivity index (χ2v) is 11.4. The third-order valence-corrected chi connectivity index (χ3v) is 9.06. The van der Waals surface area contributed by atoms with Gasteiger partial charge in [0.05, 0.1) is 13.2 Å². The minimum absolute atomic E-state index is 0.191. The summed E-state index contributed by atoms with van der Waals surface area (Å²) in [4.78, 5) is 46.1. The van der Waals surface area contributed by atoms with E-state index in [2.05, 4.69) is 6.07 Å². The van der Waals surface area contributed by atoms with Gasteiger partial charge in [0.1, 0.15) is 17.2 Å². The van der Waals surface area contributed by atoms with Gasteiger partial charge in [0.25, 0.3) is 0 Å². The largest absolute Gasteiger partial charge is 0.497 e. The van der Waals surface area contributed by atoms with E-state index in [-0.39, 0.29) is 17.3 Å². The summed E-state index contributed by atoms with van der Waals surface area (Å²) < 4.78 is 5.44. The van der Waals surface area contributed by atoms with Crippen LogP contribution in [0.4, 0.5) is 5.69 Å². The van der Waals surface area contributed by atoms with Crippen LogP contribution in [0, 0.1) is 12.3 Å². The number of hydrogen-bond acceptors (Lipinski definition) is 5. The Hall–Kier alpha value is -4.48. The Morgan fingerprint density at radius 1 is 0.878 bits per heavy atom. The highest BCUT2D eigenvalue weighted by molar-refractivity contribution is 6.32. The molecule has 3 aliphatic rings. The molecule has 1 aliphatic carbocycles. The number of hydrogen-bond donors (Lipinski definition) is 0. The SMILES string of the molecule is COc1cccc(C(=O)[C@@H]2[C@H](c3ccc(Cl)cc3)C3(C(=O)c4ccccc4C3=O)[C@H]3C=Cc4cc(C)ccc4N23)c1. The number of ketones is 3. The van der Waals surface area contributed by atoms with Crippen LogP contribution in [0.5, 0.6) is 5.75 Å². The van der Waals surface area contributed by atoms with E-state index in [1.165, 1.54) is 0 Å². The number of carbonyl (C=O) groups is 3. The van der Waals surface area contributed by atoms with Gasteiger partial charge in [-0.15, -0.1) is 0 Å². The molecule has 0 unspecified atom stereocenters. The Kier molecular flexibility index (Phi) is 5.77. The molecule has 0 N–H and O–H groups in total. The van der Waals surface area contributed by atoms with E-state index in [9.17, 15) is 14.4 Å². The molecule has 2 aliphatic heterocycles. The average Bonchev–Trinajstić information content (AvgIpc) is 3.43. The van der Waals surface area contributed by atoms with Crippen LogP contribution in [-0.4, -0.2) is 36.5 Å². The molecule has 6 heteroatoms. The average molecular weight is 560 g/mol. The summed E-state index contributed by atoms with van der Waals surface area (Å²) in [5.74, 6) is -0.932. The summed E-state index contributed by atoms with van der Waals surface area (Å²) in [5.41, 5.74) is 3.23. The molecule has 0 aromatic heterocycles. The normalized spacial score (nSPS) is 21.5. The zero-order valence-corrected chi connectivity index (χ0v) is 23.3. The second kappa shape index (κ2) is 9.28. The van der Waals surface area contributed by atoms with Crippen molar-refractivity contribution >= 4 is 40.7 Å². The van der Waals surface area contributed by atoms with Crippen molar-refractivity contribution in [3.05, 3.63) is 135 Å². The molecule has 7 rings (SSSR count). The van der Waals surface area contributed by atoms with Crippen molar-refractivity contribution in [2.75, 3.05) is 12.0 Å². The van der Waals surface area contributed by atoms with E-state index in [4.69, 9.17) is 16.3 Å². The lowest BCUT2D eigenvalue weighted by Gasteiger charge is -2.37. The predicted octanol–water partition coefficient (Wildman–Crippen LogP) is 6.97. The maximum Gasteiger partial charge on any atom is 0.186 e. The van der Waals surface area contributed by atoms with E-state index in [0.717, 1.165) is 16.8 Å². The Morgan fingerprint density at radius 3 is 2.27 bits per heavy atom. The lowest BCUT2D eigenvalue weighted by Crippen LogP contribution is -2.48. The Morgan fingerprint density at radius 2 is 1.59 bits per heavy atom. The molecule has 1 saturated heterocycles. The number of methoxy groups -OCH3 is 1. The number of benzene rings is 4. The molecule has 2 heterocycles. The summed E-state index contributed by atoms with van der Waals surface area (Å²) in [6, 6.07) is 25.7. The van der Waals surface area contributed by atoms with Crippen LogP contribution < -0.4 is 9.64 Å². The summed E-state index contributed by atoms with van der Waals surface area (Å²) in [5, 5.41) is 0.530. The number of rotatable bonds is 4. The first-order chi connectivity index (χ1) is 19.9. The molecular weight excluding hydrogens is 534 g/mol. The molecule has 41 heavy (non-hydrogen) atoms. The van der Waals surface area contributed by atoms with Gasteiger partial charge in [0.2, 0.25) is 0 Å². The van der Waals surface area contributed by atoms with Gasteiger partial charge in [0, 0.05) is 33.3 Å². The summed E-state index contributed by atoms with van der Waals surface area (Å²) in [6.45, 7) is 2.02. The fourth-order valence-electron chi connectivity index (χ4n) is 7.09. The number of anilines is 1. The molecule has 0 amide bonds. The molecule has 0 bridgehead atoms. The van der Waals surface area contributed by atoms with E-state index < -0.39 is 23.4 Å². The Balaban J connectivity index is 1.54. The maximum atomic E-state index is 14.8. The van der Waals surface area contributed by atoms with Crippen molar-refractivity contribution in [1.82, 2.24) is 0 Å². The molecular formula is C35H26ClNO4. The zero-order valence-electron chi connectivity index (χ0n) is 22.5. The Bertz CT molecular complexity index is 1760. The molecule has 3 atom stereocenters. The highest BCUT2D eigenvalue weighted by atomic mass is 35.5. The molecule has 5 nitrogen and oxygen atoms in total. The third kappa shape index (κ3) is 3.52. The van der Waals surface area contributed by atoms with Crippen LogP contribution in [0.25, 0.3) is 6.08 Å². The molecule has 0 saturated carbocycles. The summed E-state index contributed by atoms with van der Waals surface area (Å²) in [6.07, 6.45) is 3.91. The zero-order chi connectivity index (χ0) is 28.5. The van der Waals surface area contributed by atoms with Gasteiger partial charge in [-0.25, -0.2) is 0 Å². The molecule has 4 aromatic carbocycles. The van der Waals surface area contributed by atoms with Gasteiger partial charge in [0.15, 0.2) is 17.3 Å². The first-order valence-corrected chi connectivity index (χ1v) is 13.9. The van der Waals surface area contributed by atoms with Gasteiger partial charge in [-0.05, 0) is 54.4 Å². The maximum absolute atomic E-state index is 14.8. The molecule has 1 fully saturated rings. The van der Waals surface area contributed by atoms with Crippen molar-refractivity contribution < 1.29 is 19.1 Å². The van der Waals surface area contributed by atoms with Crippen LogP contribution in [0.2, 0.25) is 5.02 Å².